The number of fused-ring (bicyclic) bond motifs is 3. The molecule has 0 aliphatic heterocycles. The van der Waals surface area contributed by atoms with Crippen molar-refractivity contribution in [2.45, 2.75) is 0 Å². The van der Waals surface area contributed by atoms with Crippen LogP contribution in [0.3, 0.4) is 0 Å². The van der Waals surface area contributed by atoms with Crippen molar-refractivity contribution in [2.75, 3.05) is 5.01 Å². The van der Waals surface area contributed by atoms with E-state index in [0.29, 0.717) is 0 Å². The zero-order valence-corrected chi connectivity index (χ0v) is 14.8. The minimum atomic E-state index is 0.960. The van der Waals surface area contributed by atoms with E-state index in [1.807, 2.05) is 36.4 Å². The molecule has 0 atom stereocenters. The molecular formula is C24H19N3. The first-order valence-corrected chi connectivity index (χ1v) is 9.02. The van der Waals surface area contributed by atoms with E-state index in [-0.39, 0.29) is 0 Å². The molecule has 0 unspecified atom stereocenters. The van der Waals surface area contributed by atoms with Gasteiger partial charge in [0.25, 0.3) is 0 Å². The van der Waals surface area contributed by atoms with E-state index in [0.717, 1.165) is 28.0 Å². The Morgan fingerprint density at radius 2 is 1.22 bits per heavy atom. The second kappa shape index (κ2) is 6.31. The average Bonchev–Trinajstić information content (AvgIpc) is 3.09. The standard InChI is InChI=1S/C24H19N3/c25-27(19-12-5-2-6-13-19)23-17-9-16-22-24(23)20-14-7-8-15-21(20)26(22)18-10-3-1-4-11-18/h1-17H,25H2. The molecule has 5 rings (SSSR count). The SMILES string of the molecule is NN(c1ccccc1)c1cccc2c1c1ccccc1n2-c1ccccc1. The number of hydrogen-bond donors (Lipinski definition) is 1. The lowest BCUT2D eigenvalue weighted by Crippen LogP contribution is -2.24. The van der Waals surface area contributed by atoms with Crippen LogP contribution in [-0.4, -0.2) is 4.57 Å². The van der Waals surface area contributed by atoms with Gasteiger partial charge < -0.3 is 4.57 Å². The largest absolute Gasteiger partial charge is 0.309 e. The van der Waals surface area contributed by atoms with E-state index < -0.39 is 0 Å². The van der Waals surface area contributed by atoms with Crippen LogP contribution in [0, 0.1) is 0 Å². The maximum Gasteiger partial charge on any atom is 0.0675 e. The molecule has 5 aromatic rings. The lowest BCUT2D eigenvalue weighted by Gasteiger charge is -2.20. The van der Waals surface area contributed by atoms with Gasteiger partial charge in [-0.1, -0.05) is 60.7 Å². The van der Waals surface area contributed by atoms with Crippen LogP contribution in [-0.2, 0) is 0 Å². The molecule has 3 nitrogen and oxygen atoms in total. The summed E-state index contributed by atoms with van der Waals surface area (Å²) in [7, 11) is 0. The maximum absolute atomic E-state index is 6.55. The fraction of sp³-hybridized carbons (Fsp3) is 0. The second-order valence-electron chi connectivity index (χ2n) is 6.56. The molecule has 3 heteroatoms. The van der Waals surface area contributed by atoms with Crippen LogP contribution in [0.15, 0.2) is 103 Å². The highest BCUT2D eigenvalue weighted by Gasteiger charge is 2.17. The van der Waals surface area contributed by atoms with Gasteiger partial charge in [-0.05, 0) is 42.5 Å². The van der Waals surface area contributed by atoms with Crippen molar-refractivity contribution in [3.05, 3.63) is 103 Å². The minimum absolute atomic E-state index is 0.960. The Bertz CT molecular complexity index is 1220. The predicted octanol–water partition coefficient (Wildman–Crippen LogP) is 5.80. The molecule has 0 aliphatic carbocycles. The summed E-state index contributed by atoms with van der Waals surface area (Å²) < 4.78 is 2.30. The smallest absolute Gasteiger partial charge is 0.0675 e. The Kier molecular flexibility index (Phi) is 3.66. The summed E-state index contributed by atoms with van der Waals surface area (Å²) in [4.78, 5) is 0. The molecule has 1 heterocycles. The van der Waals surface area contributed by atoms with Crippen LogP contribution in [0.4, 0.5) is 11.4 Å². The van der Waals surface area contributed by atoms with Gasteiger partial charge in [-0.15, -0.1) is 0 Å². The molecular weight excluding hydrogens is 330 g/mol. The van der Waals surface area contributed by atoms with Crippen molar-refractivity contribution >= 4 is 33.2 Å². The van der Waals surface area contributed by atoms with Crippen molar-refractivity contribution in [1.29, 1.82) is 0 Å². The molecule has 0 saturated heterocycles. The fourth-order valence-electron chi connectivity index (χ4n) is 3.78. The number of hydrogen-bond acceptors (Lipinski definition) is 2. The van der Waals surface area contributed by atoms with Crippen LogP contribution in [0.1, 0.15) is 0 Å². The van der Waals surface area contributed by atoms with Gasteiger partial charge in [0.05, 0.1) is 22.4 Å². The van der Waals surface area contributed by atoms with Crippen LogP contribution < -0.4 is 10.9 Å². The van der Waals surface area contributed by atoms with Crippen molar-refractivity contribution < 1.29 is 0 Å². The predicted molar refractivity (Wildman–Crippen MR) is 114 cm³/mol. The monoisotopic (exact) mass is 349 g/mol. The Labute approximate surface area is 157 Å². The van der Waals surface area contributed by atoms with Crippen molar-refractivity contribution in [3.63, 3.8) is 0 Å². The summed E-state index contributed by atoms with van der Waals surface area (Å²) in [6.45, 7) is 0. The van der Waals surface area contributed by atoms with E-state index in [1.165, 1.54) is 10.9 Å². The van der Waals surface area contributed by atoms with E-state index in [9.17, 15) is 0 Å². The van der Waals surface area contributed by atoms with Crippen LogP contribution in [0.2, 0.25) is 0 Å². The number of benzene rings is 4. The molecule has 0 bridgehead atoms. The molecule has 0 aliphatic rings. The zero-order chi connectivity index (χ0) is 18.2. The molecule has 27 heavy (non-hydrogen) atoms. The number of aromatic nitrogens is 1. The quantitative estimate of drug-likeness (QED) is 0.330. The maximum atomic E-state index is 6.55. The third-order valence-corrected chi connectivity index (χ3v) is 4.98. The van der Waals surface area contributed by atoms with Gasteiger partial charge in [0.2, 0.25) is 0 Å². The highest BCUT2D eigenvalue weighted by Crippen LogP contribution is 2.38. The second-order valence-corrected chi connectivity index (χ2v) is 6.56. The van der Waals surface area contributed by atoms with Gasteiger partial charge in [-0.3, -0.25) is 5.01 Å². The number of hydrazine groups is 1. The molecule has 130 valence electrons. The van der Waals surface area contributed by atoms with Crippen LogP contribution in [0.25, 0.3) is 27.5 Å². The van der Waals surface area contributed by atoms with Crippen LogP contribution >= 0.6 is 0 Å². The average molecular weight is 349 g/mol. The van der Waals surface area contributed by atoms with Gasteiger partial charge in [0.15, 0.2) is 0 Å². The first kappa shape index (κ1) is 15.7. The van der Waals surface area contributed by atoms with Crippen molar-refractivity contribution in [2.24, 2.45) is 5.84 Å². The van der Waals surface area contributed by atoms with Gasteiger partial charge in [-0.2, -0.15) is 0 Å². The molecule has 0 spiro atoms. The summed E-state index contributed by atoms with van der Waals surface area (Å²) in [5.41, 5.74) is 5.41. The van der Waals surface area contributed by atoms with E-state index >= 15 is 0 Å². The summed E-state index contributed by atoms with van der Waals surface area (Å²) in [6, 6.07) is 35.3. The van der Waals surface area contributed by atoms with Gasteiger partial charge in [0.1, 0.15) is 0 Å². The van der Waals surface area contributed by atoms with E-state index in [1.54, 1.807) is 5.01 Å². The first-order valence-electron chi connectivity index (χ1n) is 9.02. The molecule has 1 aromatic heterocycles. The number of anilines is 2. The molecule has 2 N–H and O–H groups in total. The lowest BCUT2D eigenvalue weighted by atomic mass is 10.1. The molecule has 0 saturated carbocycles. The Hall–Kier alpha value is -3.56. The third kappa shape index (κ3) is 2.48. The van der Waals surface area contributed by atoms with Crippen LogP contribution in [0.5, 0.6) is 0 Å². The van der Waals surface area contributed by atoms with Gasteiger partial charge >= 0.3 is 0 Å². The summed E-state index contributed by atoms with van der Waals surface area (Å²) in [5.74, 6) is 6.55. The normalized spacial score (nSPS) is 11.1. The zero-order valence-electron chi connectivity index (χ0n) is 14.8. The lowest BCUT2D eigenvalue weighted by molar-refractivity contribution is 1.09. The first-order chi connectivity index (χ1) is 13.3. The van der Waals surface area contributed by atoms with Gasteiger partial charge in [0, 0.05) is 16.5 Å². The summed E-state index contributed by atoms with van der Waals surface area (Å²) in [6.07, 6.45) is 0. The molecule has 0 radical (unpaired) electrons. The topological polar surface area (TPSA) is 34.2 Å². The van der Waals surface area contributed by atoms with Crippen molar-refractivity contribution in [1.82, 2.24) is 4.57 Å². The molecule has 0 fully saturated rings. The summed E-state index contributed by atoms with van der Waals surface area (Å²) in [5, 5.41) is 4.12. The highest BCUT2D eigenvalue weighted by molar-refractivity contribution is 6.15. The number of rotatable bonds is 3. The third-order valence-electron chi connectivity index (χ3n) is 4.98. The Morgan fingerprint density at radius 1 is 0.593 bits per heavy atom. The number of para-hydroxylation sites is 3. The van der Waals surface area contributed by atoms with Crippen molar-refractivity contribution in [3.8, 4) is 5.69 Å². The number of nitrogens with zero attached hydrogens (tertiary/aromatic N) is 2. The van der Waals surface area contributed by atoms with E-state index in [4.69, 9.17) is 5.84 Å². The Morgan fingerprint density at radius 3 is 2.00 bits per heavy atom. The summed E-state index contributed by atoms with van der Waals surface area (Å²) >= 11 is 0. The minimum Gasteiger partial charge on any atom is -0.309 e. The fourth-order valence-corrected chi connectivity index (χ4v) is 3.78. The highest BCUT2D eigenvalue weighted by atomic mass is 15.4. The number of nitrogens with two attached hydrogens (primary N) is 1. The molecule has 4 aromatic carbocycles. The van der Waals surface area contributed by atoms with E-state index in [2.05, 4.69) is 71.3 Å². The van der Waals surface area contributed by atoms with Gasteiger partial charge in [-0.25, -0.2) is 5.84 Å². The molecule has 0 amide bonds. The Balaban J connectivity index is 1.86.